The van der Waals surface area contributed by atoms with E-state index in [9.17, 15) is 0 Å². The standard InChI is InChI=1S/C11H16ClIN2/c1-2-8-3-5-9(6-4-8)15-7-10(12)11(13)14-15/h7-9H,2-6H2,1H3. The Morgan fingerprint density at radius 3 is 2.60 bits per heavy atom. The minimum atomic E-state index is 0.578. The zero-order chi connectivity index (χ0) is 10.8. The largest absolute Gasteiger partial charge is 0.267 e. The molecule has 0 atom stereocenters. The van der Waals surface area contributed by atoms with E-state index in [-0.39, 0.29) is 0 Å². The first kappa shape index (κ1) is 11.7. The highest BCUT2D eigenvalue weighted by Gasteiger charge is 2.22. The minimum Gasteiger partial charge on any atom is -0.267 e. The Morgan fingerprint density at radius 2 is 2.13 bits per heavy atom. The lowest BCUT2D eigenvalue weighted by atomic mass is 9.85. The quantitative estimate of drug-likeness (QED) is 0.736. The van der Waals surface area contributed by atoms with E-state index in [1.807, 2.05) is 6.20 Å². The summed E-state index contributed by atoms with van der Waals surface area (Å²) < 4.78 is 2.99. The molecule has 15 heavy (non-hydrogen) atoms. The van der Waals surface area contributed by atoms with Crippen LogP contribution in [-0.2, 0) is 0 Å². The molecule has 0 aromatic carbocycles. The van der Waals surface area contributed by atoms with Crippen LogP contribution in [0.4, 0.5) is 0 Å². The average Bonchev–Trinajstić information content (AvgIpc) is 2.59. The van der Waals surface area contributed by atoms with Gasteiger partial charge < -0.3 is 0 Å². The maximum atomic E-state index is 6.01. The fourth-order valence-electron chi connectivity index (χ4n) is 2.35. The van der Waals surface area contributed by atoms with Gasteiger partial charge in [-0.25, -0.2) is 0 Å². The summed E-state index contributed by atoms with van der Waals surface area (Å²) in [5.74, 6) is 0.936. The van der Waals surface area contributed by atoms with Crippen molar-refractivity contribution in [3.05, 3.63) is 14.9 Å². The van der Waals surface area contributed by atoms with E-state index in [1.165, 1.54) is 32.1 Å². The van der Waals surface area contributed by atoms with Gasteiger partial charge in [-0.15, -0.1) is 0 Å². The lowest BCUT2D eigenvalue weighted by molar-refractivity contribution is 0.256. The molecular formula is C11H16ClIN2. The number of halogens is 2. The fraction of sp³-hybridized carbons (Fsp3) is 0.727. The van der Waals surface area contributed by atoms with Crippen LogP contribution in [0, 0.1) is 9.62 Å². The van der Waals surface area contributed by atoms with Crippen LogP contribution < -0.4 is 0 Å². The highest BCUT2D eigenvalue weighted by molar-refractivity contribution is 14.1. The van der Waals surface area contributed by atoms with Crippen molar-refractivity contribution >= 4 is 34.2 Å². The second-order valence-electron chi connectivity index (χ2n) is 4.33. The van der Waals surface area contributed by atoms with Crippen LogP contribution in [0.5, 0.6) is 0 Å². The summed E-state index contributed by atoms with van der Waals surface area (Å²) in [6.45, 7) is 2.29. The topological polar surface area (TPSA) is 17.8 Å². The monoisotopic (exact) mass is 338 g/mol. The Labute approximate surface area is 110 Å². The van der Waals surface area contributed by atoms with Crippen LogP contribution in [0.15, 0.2) is 6.20 Å². The summed E-state index contributed by atoms with van der Waals surface area (Å²) in [5, 5.41) is 5.24. The third kappa shape index (κ3) is 2.67. The number of hydrogen-bond donors (Lipinski definition) is 0. The second-order valence-corrected chi connectivity index (χ2v) is 5.76. The molecule has 0 spiro atoms. The maximum absolute atomic E-state index is 6.01. The zero-order valence-corrected chi connectivity index (χ0v) is 11.8. The van der Waals surface area contributed by atoms with Crippen LogP contribution in [0.3, 0.4) is 0 Å². The summed E-state index contributed by atoms with van der Waals surface area (Å²) >= 11 is 8.20. The van der Waals surface area contributed by atoms with E-state index in [1.54, 1.807) is 0 Å². The molecule has 0 bridgehead atoms. The Balaban J connectivity index is 2.01. The van der Waals surface area contributed by atoms with Gasteiger partial charge in [0.25, 0.3) is 0 Å². The predicted molar refractivity (Wildman–Crippen MR) is 71.2 cm³/mol. The number of aromatic nitrogens is 2. The number of rotatable bonds is 2. The van der Waals surface area contributed by atoms with E-state index in [0.717, 1.165) is 14.6 Å². The third-order valence-electron chi connectivity index (χ3n) is 3.41. The average molecular weight is 339 g/mol. The first-order valence-corrected chi connectivity index (χ1v) is 7.06. The lowest BCUT2D eigenvalue weighted by Crippen LogP contribution is -2.18. The molecule has 1 aromatic heterocycles. The fourth-order valence-corrected chi connectivity index (χ4v) is 2.88. The van der Waals surface area contributed by atoms with Gasteiger partial charge in [-0.05, 0) is 54.2 Å². The van der Waals surface area contributed by atoms with Gasteiger partial charge in [0.15, 0.2) is 0 Å². The summed E-state index contributed by atoms with van der Waals surface area (Å²) in [6, 6.07) is 0.578. The van der Waals surface area contributed by atoms with Crippen molar-refractivity contribution in [2.45, 2.75) is 45.1 Å². The molecule has 84 valence electrons. The van der Waals surface area contributed by atoms with Gasteiger partial charge in [-0.3, -0.25) is 4.68 Å². The highest BCUT2D eigenvalue weighted by Crippen LogP contribution is 2.34. The number of hydrogen-bond acceptors (Lipinski definition) is 1. The van der Waals surface area contributed by atoms with Crippen molar-refractivity contribution in [3.8, 4) is 0 Å². The molecule has 0 aliphatic heterocycles. The molecule has 1 aromatic rings. The van der Waals surface area contributed by atoms with Crippen molar-refractivity contribution in [3.63, 3.8) is 0 Å². The Hall–Kier alpha value is 0.230. The molecule has 2 rings (SSSR count). The van der Waals surface area contributed by atoms with Gasteiger partial charge in [-0.2, -0.15) is 5.10 Å². The van der Waals surface area contributed by atoms with Crippen molar-refractivity contribution in [1.82, 2.24) is 9.78 Å². The molecule has 0 amide bonds. The van der Waals surface area contributed by atoms with Gasteiger partial charge in [0.1, 0.15) is 3.70 Å². The zero-order valence-electron chi connectivity index (χ0n) is 8.92. The normalized spacial score (nSPS) is 26.9. The SMILES string of the molecule is CCC1CCC(n2cc(Cl)c(I)n2)CC1. The summed E-state index contributed by atoms with van der Waals surface area (Å²) in [5.41, 5.74) is 0. The minimum absolute atomic E-state index is 0.578. The maximum Gasteiger partial charge on any atom is 0.141 e. The van der Waals surface area contributed by atoms with Crippen LogP contribution in [-0.4, -0.2) is 9.78 Å². The van der Waals surface area contributed by atoms with Crippen LogP contribution in [0.1, 0.15) is 45.1 Å². The molecule has 1 saturated carbocycles. The van der Waals surface area contributed by atoms with E-state index in [2.05, 4.69) is 39.3 Å². The molecule has 0 radical (unpaired) electrons. The van der Waals surface area contributed by atoms with Gasteiger partial charge in [0.05, 0.1) is 11.1 Å². The van der Waals surface area contributed by atoms with Crippen LogP contribution in [0.2, 0.25) is 5.02 Å². The van der Waals surface area contributed by atoms with Gasteiger partial charge in [0, 0.05) is 6.20 Å². The smallest absolute Gasteiger partial charge is 0.141 e. The molecule has 0 N–H and O–H groups in total. The molecule has 1 aliphatic carbocycles. The first-order valence-electron chi connectivity index (χ1n) is 5.60. The Kier molecular flexibility index (Phi) is 3.93. The van der Waals surface area contributed by atoms with Gasteiger partial charge >= 0.3 is 0 Å². The van der Waals surface area contributed by atoms with E-state index in [4.69, 9.17) is 11.6 Å². The molecular weight excluding hydrogens is 322 g/mol. The first-order chi connectivity index (χ1) is 7.20. The predicted octanol–water partition coefficient (Wildman–Crippen LogP) is 4.28. The van der Waals surface area contributed by atoms with Crippen molar-refractivity contribution in [2.75, 3.05) is 0 Å². The van der Waals surface area contributed by atoms with E-state index in [0.29, 0.717) is 6.04 Å². The molecule has 1 fully saturated rings. The third-order valence-corrected chi connectivity index (χ3v) is 4.81. The van der Waals surface area contributed by atoms with Crippen molar-refractivity contribution in [2.24, 2.45) is 5.92 Å². The lowest BCUT2D eigenvalue weighted by Gasteiger charge is -2.27. The van der Waals surface area contributed by atoms with Gasteiger partial charge in [-0.1, -0.05) is 24.9 Å². The molecule has 0 saturated heterocycles. The molecule has 1 aliphatic rings. The van der Waals surface area contributed by atoms with Gasteiger partial charge in [0.2, 0.25) is 0 Å². The molecule has 4 heteroatoms. The van der Waals surface area contributed by atoms with Crippen molar-refractivity contribution in [1.29, 1.82) is 0 Å². The highest BCUT2D eigenvalue weighted by atomic mass is 127. The molecule has 1 heterocycles. The van der Waals surface area contributed by atoms with Crippen molar-refractivity contribution < 1.29 is 0 Å². The second kappa shape index (κ2) is 5.04. The van der Waals surface area contributed by atoms with E-state index >= 15 is 0 Å². The van der Waals surface area contributed by atoms with Crippen LogP contribution in [0.25, 0.3) is 0 Å². The summed E-state index contributed by atoms with van der Waals surface area (Å²) in [6.07, 6.45) is 8.49. The van der Waals surface area contributed by atoms with E-state index < -0.39 is 0 Å². The Morgan fingerprint density at radius 1 is 1.47 bits per heavy atom. The summed E-state index contributed by atoms with van der Waals surface area (Å²) in [7, 11) is 0. The molecule has 2 nitrogen and oxygen atoms in total. The number of nitrogens with zero attached hydrogens (tertiary/aromatic N) is 2. The van der Waals surface area contributed by atoms with Crippen LogP contribution >= 0.6 is 34.2 Å². The Bertz CT molecular complexity index is 310. The molecule has 0 unspecified atom stereocenters. The summed E-state index contributed by atoms with van der Waals surface area (Å²) in [4.78, 5) is 0.